The highest BCUT2D eigenvalue weighted by Crippen LogP contribution is 2.30. The molecule has 0 spiro atoms. The molecular formula is C17H23ClO4. The van der Waals surface area contributed by atoms with Gasteiger partial charge in [0, 0.05) is 30.7 Å². The van der Waals surface area contributed by atoms with Gasteiger partial charge in [-0.05, 0) is 36.8 Å². The Balaban J connectivity index is 1.57. The summed E-state index contributed by atoms with van der Waals surface area (Å²) in [6.45, 7) is 5.26. The van der Waals surface area contributed by atoms with Crippen molar-refractivity contribution in [1.29, 1.82) is 0 Å². The molecule has 0 saturated carbocycles. The summed E-state index contributed by atoms with van der Waals surface area (Å²) in [5.74, 6) is 2.54. The summed E-state index contributed by atoms with van der Waals surface area (Å²) in [4.78, 5) is 0. The second kappa shape index (κ2) is 7.53. The van der Waals surface area contributed by atoms with Crippen molar-refractivity contribution in [3.8, 4) is 11.5 Å². The van der Waals surface area contributed by atoms with Crippen LogP contribution >= 0.6 is 11.6 Å². The van der Waals surface area contributed by atoms with E-state index in [0.29, 0.717) is 29.2 Å². The van der Waals surface area contributed by atoms with Crippen molar-refractivity contribution in [3.63, 3.8) is 0 Å². The van der Waals surface area contributed by atoms with Crippen LogP contribution in [-0.4, -0.2) is 32.7 Å². The smallest absolute Gasteiger partial charge is 0.200 e. The van der Waals surface area contributed by atoms with Gasteiger partial charge < -0.3 is 18.9 Å². The van der Waals surface area contributed by atoms with Crippen molar-refractivity contribution >= 4 is 11.6 Å². The molecule has 4 nitrogen and oxygen atoms in total. The maximum absolute atomic E-state index is 6.16. The lowest BCUT2D eigenvalue weighted by molar-refractivity contribution is -0.0394. The van der Waals surface area contributed by atoms with Gasteiger partial charge in [-0.25, -0.2) is 0 Å². The van der Waals surface area contributed by atoms with E-state index in [0.717, 1.165) is 44.8 Å². The zero-order valence-corrected chi connectivity index (χ0v) is 13.7. The van der Waals surface area contributed by atoms with Gasteiger partial charge in [0.15, 0.2) is 6.29 Å². The van der Waals surface area contributed by atoms with Crippen LogP contribution in [-0.2, 0) is 9.47 Å². The highest BCUT2D eigenvalue weighted by Gasteiger charge is 2.23. The minimum absolute atomic E-state index is 0.184. The molecular weight excluding hydrogens is 304 g/mol. The molecule has 5 heteroatoms. The topological polar surface area (TPSA) is 36.9 Å². The molecule has 1 aromatic carbocycles. The van der Waals surface area contributed by atoms with Crippen molar-refractivity contribution in [1.82, 2.24) is 0 Å². The Morgan fingerprint density at radius 2 is 1.95 bits per heavy atom. The molecule has 2 atom stereocenters. The van der Waals surface area contributed by atoms with Gasteiger partial charge in [0.05, 0.1) is 13.2 Å². The van der Waals surface area contributed by atoms with Crippen LogP contribution in [0.1, 0.15) is 26.2 Å². The summed E-state index contributed by atoms with van der Waals surface area (Å²) >= 11 is 6.16. The maximum Gasteiger partial charge on any atom is 0.200 e. The highest BCUT2D eigenvalue weighted by atomic mass is 35.5. The molecule has 3 rings (SSSR count). The Hall–Kier alpha value is -0.970. The standard InChI is InChI=1S/C17H23ClO4/c1-12-6-17(21-10-12)22-16-8-14(18)7-15(9-16)20-11-13-2-4-19-5-3-13/h7-9,12-13,17H,2-6,10-11H2,1H3/t12-,17?/m1/s1. The largest absolute Gasteiger partial charge is 0.493 e. The third kappa shape index (κ3) is 4.51. The number of rotatable bonds is 5. The van der Waals surface area contributed by atoms with Crippen LogP contribution in [0.2, 0.25) is 5.02 Å². The number of ether oxygens (including phenoxy) is 4. The molecule has 0 amide bonds. The van der Waals surface area contributed by atoms with Crippen LogP contribution in [0.15, 0.2) is 18.2 Å². The molecule has 122 valence electrons. The van der Waals surface area contributed by atoms with E-state index in [9.17, 15) is 0 Å². The maximum atomic E-state index is 6.16. The molecule has 2 aliphatic rings. The Labute approximate surface area is 136 Å². The summed E-state index contributed by atoms with van der Waals surface area (Å²) in [6.07, 6.45) is 2.83. The molecule has 2 aliphatic heterocycles. The Morgan fingerprint density at radius 3 is 2.68 bits per heavy atom. The van der Waals surface area contributed by atoms with Gasteiger partial charge in [-0.15, -0.1) is 0 Å². The highest BCUT2D eigenvalue weighted by molar-refractivity contribution is 6.30. The van der Waals surface area contributed by atoms with Gasteiger partial charge in [-0.2, -0.15) is 0 Å². The Kier molecular flexibility index (Phi) is 5.45. The lowest BCUT2D eigenvalue weighted by atomic mass is 10.0. The molecule has 0 aliphatic carbocycles. The van der Waals surface area contributed by atoms with E-state index in [2.05, 4.69) is 6.92 Å². The van der Waals surface area contributed by atoms with Gasteiger partial charge in [0.25, 0.3) is 0 Å². The molecule has 22 heavy (non-hydrogen) atoms. The quantitative estimate of drug-likeness (QED) is 0.822. The van der Waals surface area contributed by atoms with Crippen LogP contribution in [0.3, 0.4) is 0 Å². The van der Waals surface area contributed by atoms with E-state index >= 15 is 0 Å². The zero-order valence-electron chi connectivity index (χ0n) is 12.9. The Bertz CT molecular complexity index is 488. The fourth-order valence-electron chi connectivity index (χ4n) is 2.79. The average Bonchev–Trinajstić information content (AvgIpc) is 2.91. The fourth-order valence-corrected chi connectivity index (χ4v) is 3.00. The van der Waals surface area contributed by atoms with Crippen LogP contribution in [0, 0.1) is 11.8 Å². The number of hydrogen-bond donors (Lipinski definition) is 0. The first-order valence-electron chi connectivity index (χ1n) is 7.98. The van der Waals surface area contributed by atoms with Gasteiger partial charge in [0.1, 0.15) is 11.5 Å². The normalized spacial score (nSPS) is 26.1. The van der Waals surface area contributed by atoms with Crippen LogP contribution in [0.5, 0.6) is 11.5 Å². The van der Waals surface area contributed by atoms with Crippen molar-refractivity contribution in [3.05, 3.63) is 23.2 Å². The van der Waals surface area contributed by atoms with E-state index < -0.39 is 0 Å². The van der Waals surface area contributed by atoms with Crippen LogP contribution in [0.25, 0.3) is 0 Å². The molecule has 0 radical (unpaired) electrons. The molecule has 2 heterocycles. The van der Waals surface area contributed by atoms with E-state index in [1.165, 1.54) is 0 Å². The predicted molar refractivity (Wildman–Crippen MR) is 84.6 cm³/mol. The molecule has 2 saturated heterocycles. The van der Waals surface area contributed by atoms with Crippen molar-refractivity contribution < 1.29 is 18.9 Å². The molecule has 1 aromatic rings. The zero-order chi connectivity index (χ0) is 15.4. The number of halogens is 1. The fraction of sp³-hybridized carbons (Fsp3) is 0.647. The molecule has 0 bridgehead atoms. The van der Waals surface area contributed by atoms with Gasteiger partial charge in [-0.3, -0.25) is 0 Å². The summed E-state index contributed by atoms with van der Waals surface area (Å²) in [5.41, 5.74) is 0. The molecule has 0 N–H and O–H groups in total. The Morgan fingerprint density at radius 1 is 1.18 bits per heavy atom. The number of hydrogen-bond acceptors (Lipinski definition) is 4. The lowest BCUT2D eigenvalue weighted by Gasteiger charge is -2.22. The van der Waals surface area contributed by atoms with Crippen molar-refractivity contribution in [2.45, 2.75) is 32.5 Å². The first-order valence-corrected chi connectivity index (χ1v) is 8.36. The average molecular weight is 327 g/mol. The van der Waals surface area contributed by atoms with Gasteiger partial charge in [0.2, 0.25) is 0 Å². The molecule has 1 unspecified atom stereocenters. The summed E-state index contributed by atoms with van der Waals surface area (Å²) in [7, 11) is 0. The van der Waals surface area contributed by atoms with E-state index in [1.54, 1.807) is 6.07 Å². The summed E-state index contributed by atoms with van der Waals surface area (Å²) in [5, 5.41) is 0.616. The van der Waals surface area contributed by atoms with Gasteiger partial charge >= 0.3 is 0 Å². The van der Waals surface area contributed by atoms with E-state index in [4.69, 9.17) is 30.5 Å². The molecule has 0 aromatic heterocycles. The lowest BCUT2D eigenvalue weighted by Crippen LogP contribution is -2.21. The summed E-state index contributed by atoms with van der Waals surface area (Å²) in [6, 6.07) is 5.51. The minimum Gasteiger partial charge on any atom is -0.493 e. The van der Waals surface area contributed by atoms with Crippen LogP contribution < -0.4 is 9.47 Å². The third-order valence-electron chi connectivity index (χ3n) is 4.10. The first kappa shape index (κ1) is 15.9. The summed E-state index contributed by atoms with van der Waals surface area (Å²) < 4.78 is 22.7. The van der Waals surface area contributed by atoms with Crippen molar-refractivity contribution in [2.75, 3.05) is 26.4 Å². The van der Waals surface area contributed by atoms with E-state index in [1.807, 2.05) is 12.1 Å². The van der Waals surface area contributed by atoms with Gasteiger partial charge in [-0.1, -0.05) is 18.5 Å². The second-order valence-electron chi connectivity index (χ2n) is 6.21. The third-order valence-corrected chi connectivity index (χ3v) is 4.32. The SMILES string of the molecule is C[C@H]1COC(Oc2cc(Cl)cc(OCC3CCOCC3)c2)C1. The monoisotopic (exact) mass is 326 g/mol. The second-order valence-corrected chi connectivity index (χ2v) is 6.65. The minimum atomic E-state index is -0.184. The first-order chi connectivity index (χ1) is 10.7. The predicted octanol–water partition coefficient (Wildman–Crippen LogP) is 3.91. The van der Waals surface area contributed by atoms with Crippen LogP contribution in [0.4, 0.5) is 0 Å². The van der Waals surface area contributed by atoms with E-state index in [-0.39, 0.29) is 6.29 Å². The van der Waals surface area contributed by atoms with Crippen molar-refractivity contribution in [2.24, 2.45) is 11.8 Å². The number of benzene rings is 1. The molecule has 2 fully saturated rings.